The molecule has 118 valence electrons. The molecule has 0 saturated carbocycles. The van der Waals surface area contributed by atoms with Gasteiger partial charge in [0.25, 0.3) is 0 Å². The van der Waals surface area contributed by atoms with Crippen molar-refractivity contribution in [3.63, 3.8) is 0 Å². The lowest BCUT2D eigenvalue weighted by Gasteiger charge is -2.38. The van der Waals surface area contributed by atoms with E-state index in [1.807, 2.05) is 25.7 Å². The van der Waals surface area contributed by atoms with Gasteiger partial charge in [-0.25, -0.2) is 0 Å². The molecule has 0 bridgehead atoms. The van der Waals surface area contributed by atoms with Gasteiger partial charge in [-0.3, -0.25) is 4.79 Å². The summed E-state index contributed by atoms with van der Waals surface area (Å²) in [7, 11) is 0. The summed E-state index contributed by atoms with van der Waals surface area (Å²) in [4.78, 5) is 19.1. The summed E-state index contributed by atoms with van der Waals surface area (Å²) < 4.78 is 5.27. The summed E-state index contributed by atoms with van der Waals surface area (Å²) in [5.41, 5.74) is 5.47. The van der Waals surface area contributed by atoms with Crippen LogP contribution in [0.15, 0.2) is 4.52 Å². The highest BCUT2D eigenvalue weighted by molar-refractivity contribution is 5.83. The van der Waals surface area contributed by atoms with Crippen LogP contribution in [0, 0.1) is 12.3 Å². The van der Waals surface area contributed by atoms with Crippen LogP contribution in [0.2, 0.25) is 0 Å². The Morgan fingerprint density at radius 1 is 1.48 bits per heavy atom. The third-order valence-corrected chi connectivity index (χ3v) is 4.80. The molecule has 1 amide bonds. The van der Waals surface area contributed by atoms with Gasteiger partial charge in [-0.05, 0) is 32.6 Å². The monoisotopic (exact) mass is 294 g/mol. The Kier molecular flexibility index (Phi) is 4.98. The third kappa shape index (κ3) is 3.10. The summed E-state index contributed by atoms with van der Waals surface area (Å²) in [5.74, 6) is 1.62. The zero-order valence-corrected chi connectivity index (χ0v) is 13.3. The Bertz CT molecular complexity index is 474. The average molecular weight is 294 g/mol. The smallest absolute Gasteiger partial charge is 0.231 e. The molecule has 1 aromatic rings. The first-order chi connectivity index (χ1) is 10.1. The number of nitrogens with two attached hydrogens (primary N) is 1. The minimum Gasteiger partial charge on any atom is -0.341 e. The molecule has 1 saturated heterocycles. The van der Waals surface area contributed by atoms with Crippen molar-refractivity contribution in [2.24, 2.45) is 11.1 Å². The topological polar surface area (TPSA) is 85.3 Å². The van der Waals surface area contributed by atoms with Gasteiger partial charge < -0.3 is 15.2 Å². The Balaban J connectivity index is 2.11. The normalized spacial score (nSPS) is 19.8. The van der Waals surface area contributed by atoms with Crippen LogP contribution in [0.5, 0.6) is 0 Å². The standard InChI is InChI=1S/C15H26N4O2/c1-4-15(5-2,10-16)14(20)19-8-6-7-12(9-19)13-17-11(3)18-21-13/h12H,4-10,16H2,1-3H3. The van der Waals surface area contributed by atoms with Crippen LogP contribution in [-0.4, -0.2) is 40.6 Å². The van der Waals surface area contributed by atoms with Crippen molar-refractivity contribution >= 4 is 5.91 Å². The predicted octanol–water partition coefficient (Wildman–Crippen LogP) is 1.85. The molecule has 1 fully saturated rings. The number of aromatic nitrogens is 2. The van der Waals surface area contributed by atoms with E-state index in [-0.39, 0.29) is 11.8 Å². The second-order valence-electron chi connectivity index (χ2n) is 5.96. The number of aryl methyl sites for hydroxylation is 1. The highest BCUT2D eigenvalue weighted by Gasteiger charge is 2.39. The SMILES string of the molecule is CCC(CC)(CN)C(=O)N1CCCC(c2nc(C)no2)C1. The molecule has 6 nitrogen and oxygen atoms in total. The first-order valence-electron chi connectivity index (χ1n) is 7.86. The van der Waals surface area contributed by atoms with Crippen molar-refractivity contribution in [1.82, 2.24) is 15.0 Å². The quantitative estimate of drug-likeness (QED) is 0.895. The van der Waals surface area contributed by atoms with Gasteiger partial charge in [0.1, 0.15) is 0 Å². The van der Waals surface area contributed by atoms with E-state index in [4.69, 9.17) is 10.3 Å². The molecule has 2 N–H and O–H groups in total. The number of amides is 1. The molecule has 0 aromatic carbocycles. The first-order valence-corrected chi connectivity index (χ1v) is 7.86. The third-order valence-electron chi connectivity index (χ3n) is 4.80. The number of hydrogen-bond donors (Lipinski definition) is 1. The zero-order chi connectivity index (χ0) is 15.5. The summed E-state index contributed by atoms with van der Waals surface area (Å²) >= 11 is 0. The largest absolute Gasteiger partial charge is 0.341 e. The van der Waals surface area contributed by atoms with Crippen molar-refractivity contribution in [2.45, 2.75) is 52.4 Å². The fraction of sp³-hybridized carbons (Fsp3) is 0.800. The minimum absolute atomic E-state index is 0.146. The van der Waals surface area contributed by atoms with E-state index in [0.29, 0.717) is 24.8 Å². The van der Waals surface area contributed by atoms with Crippen molar-refractivity contribution < 1.29 is 9.32 Å². The van der Waals surface area contributed by atoms with E-state index in [0.717, 1.165) is 32.2 Å². The second kappa shape index (κ2) is 6.56. The number of hydrogen-bond acceptors (Lipinski definition) is 5. The van der Waals surface area contributed by atoms with Crippen LogP contribution in [0.3, 0.4) is 0 Å². The predicted molar refractivity (Wildman–Crippen MR) is 79.7 cm³/mol. The fourth-order valence-corrected chi connectivity index (χ4v) is 3.11. The Morgan fingerprint density at radius 3 is 2.71 bits per heavy atom. The van der Waals surface area contributed by atoms with Gasteiger partial charge in [-0.1, -0.05) is 19.0 Å². The van der Waals surface area contributed by atoms with Crippen LogP contribution in [0.25, 0.3) is 0 Å². The number of rotatable bonds is 5. The molecule has 0 aliphatic carbocycles. The van der Waals surface area contributed by atoms with E-state index in [1.54, 1.807) is 0 Å². The summed E-state index contributed by atoms with van der Waals surface area (Å²) in [6.07, 6.45) is 3.50. The van der Waals surface area contributed by atoms with Gasteiger partial charge in [0, 0.05) is 19.6 Å². The van der Waals surface area contributed by atoms with Gasteiger partial charge in [-0.2, -0.15) is 4.98 Å². The Hall–Kier alpha value is -1.43. The molecule has 2 rings (SSSR count). The van der Waals surface area contributed by atoms with Crippen LogP contribution >= 0.6 is 0 Å². The molecule has 1 atom stereocenters. The van der Waals surface area contributed by atoms with Crippen molar-refractivity contribution in [3.8, 4) is 0 Å². The van der Waals surface area contributed by atoms with Gasteiger partial charge in [0.05, 0.1) is 11.3 Å². The first kappa shape index (κ1) is 15.9. The highest BCUT2D eigenvalue weighted by Crippen LogP contribution is 2.32. The van der Waals surface area contributed by atoms with E-state index in [1.165, 1.54) is 0 Å². The summed E-state index contributed by atoms with van der Waals surface area (Å²) in [5, 5.41) is 3.85. The number of nitrogens with zero attached hydrogens (tertiary/aromatic N) is 3. The van der Waals surface area contributed by atoms with Crippen LogP contribution < -0.4 is 5.73 Å². The maximum Gasteiger partial charge on any atom is 0.231 e. The second-order valence-corrected chi connectivity index (χ2v) is 5.96. The van der Waals surface area contributed by atoms with E-state index < -0.39 is 5.41 Å². The zero-order valence-electron chi connectivity index (χ0n) is 13.3. The lowest BCUT2D eigenvalue weighted by molar-refractivity contribution is -0.143. The minimum atomic E-state index is -0.424. The van der Waals surface area contributed by atoms with Crippen molar-refractivity contribution in [2.75, 3.05) is 19.6 Å². The summed E-state index contributed by atoms with van der Waals surface area (Å²) in [6.45, 7) is 7.74. The van der Waals surface area contributed by atoms with E-state index in [9.17, 15) is 4.79 Å². The fourth-order valence-electron chi connectivity index (χ4n) is 3.11. The number of piperidine rings is 1. The van der Waals surface area contributed by atoms with Crippen molar-refractivity contribution in [1.29, 1.82) is 0 Å². The van der Waals surface area contributed by atoms with Crippen molar-refractivity contribution in [3.05, 3.63) is 11.7 Å². The van der Waals surface area contributed by atoms with Gasteiger partial charge in [-0.15, -0.1) is 0 Å². The van der Waals surface area contributed by atoms with Gasteiger partial charge in [0.2, 0.25) is 11.8 Å². The molecule has 1 aliphatic rings. The molecule has 21 heavy (non-hydrogen) atoms. The lowest BCUT2D eigenvalue weighted by atomic mass is 9.80. The number of carbonyl (C=O) groups excluding carboxylic acids is 1. The van der Waals surface area contributed by atoms with Crippen LogP contribution in [0.4, 0.5) is 0 Å². The average Bonchev–Trinajstić information content (AvgIpc) is 2.96. The van der Waals surface area contributed by atoms with Gasteiger partial charge >= 0.3 is 0 Å². The molecular formula is C15H26N4O2. The summed E-state index contributed by atoms with van der Waals surface area (Å²) in [6, 6.07) is 0. The van der Waals surface area contributed by atoms with Crippen LogP contribution in [-0.2, 0) is 4.79 Å². The molecule has 1 aliphatic heterocycles. The van der Waals surface area contributed by atoms with Gasteiger partial charge in [0.15, 0.2) is 5.82 Å². The molecule has 6 heteroatoms. The Morgan fingerprint density at radius 2 is 2.19 bits per heavy atom. The molecule has 1 unspecified atom stereocenters. The molecule has 1 aromatic heterocycles. The molecule has 0 spiro atoms. The number of carbonyl (C=O) groups is 1. The number of likely N-dealkylation sites (tertiary alicyclic amines) is 1. The van der Waals surface area contributed by atoms with Crippen LogP contribution in [0.1, 0.15) is 57.2 Å². The molecule has 2 heterocycles. The Labute approximate surface area is 126 Å². The maximum atomic E-state index is 12.9. The highest BCUT2D eigenvalue weighted by atomic mass is 16.5. The maximum absolute atomic E-state index is 12.9. The lowest BCUT2D eigenvalue weighted by Crippen LogP contribution is -2.50. The van der Waals surface area contributed by atoms with E-state index in [2.05, 4.69) is 10.1 Å². The van der Waals surface area contributed by atoms with E-state index >= 15 is 0 Å². The molecule has 0 radical (unpaired) electrons. The molecular weight excluding hydrogens is 268 g/mol.